The van der Waals surface area contributed by atoms with E-state index in [1.807, 2.05) is 0 Å². The van der Waals surface area contributed by atoms with Gasteiger partial charge in [-0.05, 0) is 12.3 Å². The van der Waals surface area contributed by atoms with Crippen molar-refractivity contribution >= 4 is 22.1 Å². The molecule has 7 nitrogen and oxygen atoms in total. The van der Waals surface area contributed by atoms with Gasteiger partial charge in [-0.1, -0.05) is 78.1 Å². The third-order valence-corrected chi connectivity index (χ3v) is 5.47. The fraction of sp³-hybridized carbons (Fsp3) is 0.895. The van der Waals surface area contributed by atoms with Crippen molar-refractivity contribution in [3.63, 3.8) is 0 Å². The Hall–Kier alpha value is -0.150. The summed E-state index contributed by atoms with van der Waals surface area (Å²) < 4.78 is 35.7. The molecule has 9 heteroatoms. The summed E-state index contributed by atoms with van der Waals surface area (Å²) >= 11 is 0. The summed E-state index contributed by atoms with van der Waals surface area (Å²) in [5.41, 5.74) is 0. The molecule has 28 heavy (non-hydrogen) atoms. The molecule has 0 saturated carbocycles. The van der Waals surface area contributed by atoms with Gasteiger partial charge in [0, 0.05) is 12.4 Å². The molecular formula is C19H35NaO7S. The predicted molar refractivity (Wildman–Crippen MR) is 102 cm³/mol. The van der Waals surface area contributed by atoms with Crippen molar-refractivity contribution in [1.29, 1.82) is 0 Å². The molecule has 0 aromatic heterocycles. The second-order valence-electron chi connectivity index (χ2n) is 7.47. The molecule has 1 N–H and O–H groups in total. The van der Waals surface area contributed by atoms with Crippen molar-refractivity contribution in [3.8, 4) is 0 Å². The molecule has 0 fully saturated rings. The number of carboxylic acid groups (broad SMARTS) is 1. The number of esters is 1. The topological polar surface area (TPSA) is 121 Å². The maximum absolute atomic E-state index is 11.6. The smallest absolute Gasteiger partial charge is 0.550 e. The number of carboxylic acids is 1. The molecule has 0 aromatic carbocycles. The summed E-state index contributed by atoms with van der Waals surface area (Å²) in [7, 11) is -4.83. The monoisotopic (exact) mass is 430 g/mol. The van der Waals surface area contributed by atoms with Crippen LogP contribution in [-0.4, -0.2) is 36.8 Å². The van der Waals surface area contributed by atoms with Gasteiger partial charge in [0.15, 0.2) is 5.25 Å². The van der Waals surface area contributed by atoms with Gasteiger partial charge in [0.1, 0.15) is 0 Å². The summed E-state index contributed by atoms with van der Waals surface area (Å²) in [5, 5.41) is 8.35. The zero-order valence-electron chi connectivity index (χ0n) is 17.7. The second-order valence-corrected chi connectivity index (χ2v) is 9.06. The molecule has 0 aliphatic rings. The zero-order valence-corrected chi connectivity index (χ0v) is 20.5. The molecule has 0 saturated heterocycles. The van der Waals surface area contributed by atoms with E-state index in [9.17, 15) is 23.1 Å². The van der Waals surface area contributed by atoms with Gasteiger partial charge in [-0.25, -0.2) is 0 Å². The van der Waals surface area contributed by atoms with E-state index in [4.69, 9.17) is 9.29 Å². The minimum Gasteiger partial charge on any atom is -0.550 e. The zero-order chi connectivity index (χ0) is 20.7. The van der Waals surface area contributed by atoms with E-state index < -0.39 is 33.7 Å². The number of hydrogen-bond acceptors (Lipinski definition) is 6. The Labute approximate surface area is 192 Å². The molecule has 0 amide bonds. The summed E-state index contributed by atoms with van der Waals surface area (Å²) in [5.74, 6) is -2.20. The van der Waals surface area contributed by atoms with E-state index in [1.165, 1.54) is 44.9 Å². The summed E-state index contributed by atoms with van der Waals surface area (Å²) in [6, 6.07) is 0. The quantitative estimate of drug-likeness (QED) is 0.148. The Morgan fingerprint density at radius 3 is 1.71 bits per heavy atom. The Balaban J connectivity index is 0. The van der Waals surface area contributed by atoms with Crippen LogP contribution in [0.25, 0.3) is 0 Å². The standard InChI is InChI=1S/C19H36O7S.Na/c1-16(2)13-11-9-7-5-3-4-6-8-10-12-14-26-19(22)17(15-18(20)21)27(23,24)25;/h16-17H,3-15H2,1-2H3,(H,20,21)(H,23,24,25);/q;+1/p-1. The summed E-state index contributed by atoms with van der Waals surface area (Å²) in [4.78, 5) is 22.1. The van der Waals surface area contributed by atoms with Gasteiger partial charge in [0.05, 0.1) is 6.61 Å². The van der Waals surface area contributed by atoms with Crippen LogP contribution < -0.4 is 34.7 Å². The van der Waals surface area contributed by atoms with E-state index in [0.717, 1.165) is 25.2 Å². The number of ether oxygens (including phenoxy) is 1. The van der Waals surface area contributed by atoms with Gasteiger partial charge in [0.25, 0.3) is 10.1 Å². The number of unbranched alkanes of at least 4 members (excludes halogenated alkanes) is 9. The molecule has 160 valence electrons. The van der Waals surface area contributed by atoms with Crippen LogP contribution in [0.15, 0.2) is 0 Å². The summed E-state index contributed by atoms with van der Waals surface area (Å²) in [6.45, 7) is 4.51. The maximum atomic E-state index is 11.6. The van der Waals surface area contributed by atoms with Crippen molar-refractivity contribution < 1.29 is 62.0 Å². The van der Waals surface area contributed by atoms with Crippen LogP contribution in [-0.2, 0) is 24.4 Å². The van der Waals surface area contributed by atoms with Crippen LogP contribution >= 0.6 is 0 Å². The Kier molecular flexibility index (Phi) is 19.0. The molecule has 0 heterocycles. The largest absolute Gasteiger partial charge is 1.00 e. The minimum absolute atomic E-state index is 0. The molecule has 0 bridgehead atoms. The Bertz CT molecular complexity index is 520. The number of rotatable bonds is 17. The van der Waals surface area contributed by atoms with Gasteiger partial charge in [-0.3, -0.25) is 9.35 Å². The van der Waals surface area contributed by atoms with E-state index in [-0.39, 0.29) is 36.2 Å². The van der Waals surface area contributed by atoms with Crippen LogP contribution in [0, 0.1) is 5.92 Å². The average Bonchev–Trinajstić information content (AvgIpc) is 2.55. The molecule has 0 aromatic rings. The van der Waals surface area contributed by atoms with Crippen LogP contribution in [0.2, 0.25) is 0 Å². The number of carbonyl (C=O) groups excluding carboxylic acids is 2. The number of aliphatic carboxylic acids is 1. The van der Waals surface area contributed by atoms with Crippen molar-refractivity contribution in [2.75, 3.05) is 6.61 Å². The third-order valence-electron chi connectivity index (χ3n) is 4.39. The van der Waals surface area contributed by atoms with Gasteiger partial charge in [0.2, 0.25) is 0 Å². The Morgan fingerprint density at radius 2 is 1.32 bits per heavy atom. The first-order valence-electron chi connectivity index (χ1n) is 9.97. The van der Waals surface area contributed by atoms with Crippen molar-refractivity contribution in [2.45, 2.75) is 96.1 Å². The fourth-order valence-electron chi connectivity index (χ4n) is 2.80. The molecule has 0 aliphatic heterocycles. The van der Waals surface area contributed by atoms with E-state index in [0.29, 0.717) is 6.42 Å². The first-order valence-corrected chi connectivity index (χ1v) is 11.5. The molecule has 0 rings (SSSR count). The van der Waals surface area contributed by atoms with Crippen LogP contribution in [0.1, 0.15) is 90.9 Å². The number of carbonyl (C=O) groups is 2. The predicted octanol–water partition coefficient (Wildman–Crippen LogP) is -0.123. The molecule has 1 unspecified atom stereocenters. The van der Waals surface area contributed by atoms with Crippen molar-refractivity contribution in [1.82, 2.24) is 0 Å². The molecule has 0 radical (unpaired) electrons. The Morgan fingerprint density at radius 1 is 0.893 bits per heavy atom. The summed E-state index contributed by atoms with van der Waals surface area (Å²) in [6.07, 6.45) is 11.3. The minimum atomic E-state index is -4.83. The van der Waals surface area contributed by atoms with Gasteiger partial charge in [-0.2, -0.15) is 8.42 Å². The van der Waals surface area contributed by atoms with Crippen LogP contribution in [0.4, 0.5) is 0 Å². The fourth-order valence-corrected chi connectivity index (χ4v) is 3.45. The van der Waals surface area contributed by atoms with E-state index in [1.54, 1.807) is 0 Å². The molecular weight excluding hydrogens is 395 g/mol. The second kappa shape index (κ2) is 17.7. The normalized spacial score (nSPS) is 12.4. The van der Waals surface area contributed by atoms with E-state index >= 15 is 0 Å². The SMILES string of the molecule is CC(C)CCCCCCCCCCCCOC(=O)C(CC(=O)[O-])S(=O)(=O)O.[Na+]. The van der Waals surface area contributed by atoms with Gasteiger partial charge < -0.3 is 14.6 Å². The maximum Gasteiger partial charge on any atom is 1.00 e. The number of hydrogen-bond donors (Lipinski definition) is 1. The van der Waals surface area contributed by atoms with Crippen molar-refractivity contribution in [2.24, 2.45) is 5.92 Å². The van der Waals surface area contributed by atoms with Gasteiger partial charge in [-0.15, -0.1) is 0 Å². The first-order chi connectivity index (χ1) is 12.6. The third kappa shape index (κ3) is 17.9. The van der Waals surface area contributed by atoms with Gasteiger partial charge >= 0.3 is 35.5 Å². The first kappa shape index (κ1) is 30.0. The van der Waals surface area contributed by atoms with Crippen molar-refractivity contribution in [3.05, 3.63) is 0 Å². The van der Waals surface area contributed by atoms with Crippen LogP contribution in [0.5, 0.6) is 0 Å². The molecule has 0 aliphatic carbocycles. The molecule has 0 spiro atoms. The molecule has 1 atom stereocenters. The van der Waals surface area contributed by atoms with E-state index in [2.05, 4.69) is 13.8 Å². The average molecular weight is 431 g/mol. The van der Waals surface area contributed by atoms with Crippen LogP contribution in [0.3, 0.4) is 0 Å².